The van der Waals surface area contributed by atoms with E-state index in [0.29, 0.717) is 4.91 Å². The van der Waals surface area contributed by atoms with Gasteiger partial charge in [-0.1, -0.05) is 19.9 Å². The Labute approximate surface area is 60.8 Å². The summed E-state index contributed by atoms with van der Waals surface area (Å²) < 4.78 is 0. The SMILES string of the molecule is C=C(C#N)SCCCC. The van der Waals surface area contributed by atoms with Crippen LogP contribution in [0.4, 0.5) is 0 Å². The third-order valence-corrected chi connectivity index (χ3v) is 1.83. The molecule has 0 saturated carbocycles. The first-order chi connectivity index (χ1) is 4.31. The quantitative estimate of drug-likeness (QED) is 0.444. The molecule has 2 heteroatoms. The van der Waals surface area contributed by atoms with Crippen LogP contribution in [0.15, 0.2) is 11.5 Å². The van der Waals surface area contributed by atoms with E-state index in [1.807, 2.05) is 6.07 Å². The number of hydrogen-bond donors (Lipinski definition) is 0. The minimum Gasteiger partial charge on any atom is -0.192 e. The second-order valence-electron chi connectivity index (χ2n) is 1.74. The molecule has 0 bridgehead atoms. The molecule has 0 rings (SSSR count). The second kappa shape index (κ2) is 5.71. The van der Waals surface area contributed by atoms with E-state index >= 15 is 0 Å². The van der Waals surface area contributed by atoms with E-state index in [0.717, 1.165) is 5.75 Å². The summed E-state index contributed by atoms with van der Waals surface area (Å²) in [6.07, 6.45) is 2.36. The van der Waals surface area contributed by atoms with Gasteiger partial charge in [0.15, 0.2) is 0 Å². The summed E-state index contributed by atoms with van der Waals surface area (Å²) in [5.74, 6) is 1.03. The van der Waals surface area contributed by atoms with Gasteiger partial charge in [-0.05, 0) is 12.2 Å². The molecule has 0 radical (unpaired) electrons. The molecule has 0 aromatic carbocycles. The fraction of sp³-hybridized carbons (Fsp3) is 0.571. The van der Waals surface area contributed by atoms with Crippen molar-refractivity contribution in [2.75, 3.05) is 5.75 Å². The second-order valence-corrected chi connectivity index (χ2v) is 2.93. The summed E-state index contributed by atoms with van der Waals surface area (Å²) >= 11 is 1.55. The van der Waals surface area contributed by atoms with E-state index in [1.165, 1.54) is 12.8 Å². The lowest BCUT2D eigenvalue weighted by molar-refractivity contribution is 0.897. The van der Waals surface area contributed by atoms with Gasteiger partial charge in [0.1, 0.15) is 6.07 Å². The summed E-state index contributed by atoms with van der Waals surface area (Å²) in [4.78, 5) is 0.628. The number of thioether (sulfide) groups is 1. The first kappa shape index (κ1) is 8.58. The Morgan fingerprint density at radius 1 is 1.78 bits per heavy atom. The summed E-state index contributed by atoms with van der Waals surface area (Å²) in [6, 6.07) is 1.99. The highest BCUT2D eigenvalue weighted by Crippen LogP contribution is 2.13. The average Bonchev–Trinajstić information content (AvgIpc) is 1.89. The normalized spacial score (nSPS) is 8.44. The Morgan fingerprint density at radius 3 is 2.89 bits per heavy atom. The van der Waals surface area contributed by atoms with Gasteiger partial charge in [0.2, 0.25) is 0 Å². The van der Waals surface area contributed by atoms with Crippen LogP contribution in [0, 0.1) is 11.3 Å². The molecule has 0 fully saturated rings. The number of hydrogen-bond acceptors (Lipinski definition) is 2. The predicted molar refractivity (Wildman–Crippen MR) is 42.1 cm³/mol. The topological polar surface area (TPSA) is 23.8 Å². The van der Waals surface area contributed by atoms with Crippen LogP contribution in [0.2, 0.25) is 0 Å². The third-order valence-electron chi connectivity index (χ3n) is 0.899. The number of nitrogens with zero attached hydrogens (tertiary/aromatic N) is 1. The molecule has 0 aliphatic carbocycles. The number of allylic oxidation sites excluding steroid dienone is 1. The van der Waals surface area contributed by atoms with Crippen LogP contribution >= 0.6 is 11.8 Å². The van der Waals surface area contributed by atoms with Crippen molar-refractivity contribution in [3.05, 3.63) is 11.5 Å². The smallest absolute Gasteiger partial charge is 0.105 e. The lowest BCUT2D eigenvalue weighted by Crippen LogP contribution is -1.76. The molecule has 0 saturated heterocycles. The Kier molecular flexibility index (Phi) is 5.45. The van der Waals surface area contributed by atoms with Gasteiger partial charge in [-0.25, -0.2) is 0 Å². The number of nitriles is 1. The number of rotatable bonds is 4. The summed E-state index contributed by atoms with van der Waals surface area (Å²) in [5, 5.41) is 8.26. The fourth-order valence-corrected chi connectivity index (χ4v) is 1.12. The van der Waals surface area contributed by atoms with E-state index in [1.54, 1.807) is 11.8 Å². The van der Waals surface area contributed by atoms with Crippen molar-refractivity contribution >= 4 is 11.8 Å². The molecule has 0 aliphatic heterocycles. The van der Waals surface area contributed by atoms with Gasteiger partial charge in [0.05, 0.1) is 4.91 Å². The van der Waals surface area contributed by atoms with Gasteiger partial charge in [-0.3, -0.25) is 0 Å². The highest BCUT2D eigenvalue weighted by molar-refractivity contribution is 8.03. The maximum Gasteiger partial charge on any atom is 0.105 e. The molecular formula is C7H11NS. The van der Waals surface area contributed by atoms with Gasteiger partial charge in [-0.2, -0.15) is 5.26 Å². The molecule has 0 amide bonds. The van der Waals surface area contributed by atoms with Gasteiger partial charge in [0, 0.05) is 0 Å². The molecule has 0 unspecified atom stereocenters. The zero-order valence-electron chi connectivity index (χ0n) is 5.68. The Hall–Kier alpha value is -0.420. The van der Waals surface area contributed by atoms with Crippen LogP contribution in [0.3, 0.4) is 0 Å². The lowest BCUT2D eigenvalue weighted by Gasteiger charge is -1.92. The average molecular weight is 141 g/mol. The minimum atomic E-state index is 0.628. The molecule has 0 aliphatic rings. The van der Waals surface area contributed by atoms with Crippen molar-refractivity contribution < 1.29 is 0 Å². The molecule has 0 heterocycles. The van der Waals surface area contributed by atoms with Crippen molar-refractivity contribution in [2.24, 2.45) is 0 Å². The van der Waals surface area contributed by atoms with Gasteiger partial charge in [0.25, 0.3) is 0 Å². The van der Waals surface area contributed by atoms with Crippen LogP contribution in [-0.4, -0.2) is 5.75 Å². The first-order valence-electron chi connectivity index (χ1n) is 3.03. The zero-order chi connectivity index (χ0) is 7.11. The van der Waals surface area contributed by atoms with Crippen LogP contribution in [0.1, 0.15) is 19.8 Å². The Balaban J connectivity index is 3.10. The molecule has 0 aromatic rings. The third kappa shape index (κ3) is 5.45. The predicted octanol–water partition coefficient (Wildman–Crippen LogP) is 2.56. The zero-order valence-corrected chi connectivity index (χ0v) is 6.50. The van der Waals surface area contributed by atoms with Crippen molar-refractivity contribution in [1.82, 2.24) is 0 Å². The maximum atomic E-state index is 8.26. The van der Waals surface area contributed by atoms with E-state index in [9.17, 15) is 0 Å². The van der Waals surface area contributed by atoms with Crippen LogP contribution in [-0.2, 0) is 0 Å². The Bertz CT molecular complexity index is 123. The van der Waals surface area contributed by atoms with Gasteiger partial charge >= 0.3 is 0 Å². The maximum absolute atomic E-state index is 8.26. The van der Waals surface area contributed by atoms with E-state index in [-0.39, 0.29) is 0 Å². The summed E-state index contributed by atoms with van der Waals surface area (Å²) in [5.41, 5.74) is 0. The van der Waals surface area contributed by atoms with Gasteiger partial charge < -0.3 is 0 Å². The molecule has 0 aromatic heterocycles. The van der Waals surface area contributed by atoms with E-state index in [2.05, 4.69) is 13.5 Å². The van der Waals surface area contributed by atoms with Crippen LogP contribution < -0.4 is 0 Å². The molecular weight excluding hydrogens is 130 g/mol. The molecule has 9 heavy (non-hydrogen) atoms. The largest absolute Gasteiger partial charge is 0.192 e. The van der Waals surface area contributed by atoms with Crippen molar-refractivity contribution in [3.8, 4) is 6.07 Å². The van der Waals surface area contributed by atoms with E-state index < -0.39 is 0 Å². The Morgan fingerprint density at radius 2 is 2.44 bits per heavy atom. The standard InChI is InChI=1S/C7H11NS/c1-3-4-5-9-7(2)6-8/h2-5H2,1H3. The minimum absolute atomic E-state index is 0.628. The molecule has 0 N–H and O–H groups in total. The molecule has 0 atom stereocenters. The van der Waals surface area contributed by atoms with Gasteiger partial charge in [-0.15, -0.1) is 11.8 Å². The van der Waals surface area contributed by atoms with Crippen molar-refractivity contribution in [1.29, 1.82) is 5.26 Å². The fourth-order valence-electron chi connectivity index (χ4n) is 0.372. The van der Waals surface area contributed by atoms with Crippen LogP contribution in [0.25, 0.3) is 0 Å². The van der Waals surface area contributed by atoms with E-state index in [4.69, 9.17) is 5.26 Å². The molecule has 1 nitrogen and oxygen atoms in total. The summed E-state index contributed by atoms with van der Waals surface area (Å²) in [6.45, 7) is 5.68. The first-order valence-corrected chi connectivity index (χ1v) is 4.01. The van der Waals surface area contributed by atoms with Crippen LogP contribution in [0.5, 0.6) is 0 Å². The summed E-state index contributed by atoms with van der Waals surface area (Å²) in [7, 11) is 0. The lowest BCUT2D eigenvalue weighted by atomic mass is 10.4. The monoisotopic (exact) mass is 141 g/mol. The number of unbranched alkanes of at least 4 members (excludes halogenated alkanes) is 1. The van der Waals surface area contributed by atoms with Crippen molar-refractivity contribution in [2.45, 2.75) is 19.8 Å². The molecule has 0 spiro atoms. The molecule has 50 valence electrons. The highest BCUT2D eigenvalue weighted by atomic mass is 32.2. The highest BCUT2D eigenvalue weighted by Gasteiger charge is 1.89. The van der Waals surface area contributed by atoms with Crippen molar-refractivity contribution in [3.63, 3.8) is 0 Å².